The van der Waals surface area contributed by atoms with E-state index < -0.39 is 0 Å². The van der Waals surface area contributed by atoms with Crippen molar-refractivity contribution in [1.29, 1.82) is 0 Å². The van der Waals surface area contributed by atoms with Crippen LogP contribution in [0.5, 0.6) is 11.5 Å². The van der Waals surface area contributed by atoms with Gasteiger partial charge in [0.2, 0.25) is 0 Å². The maximum atomic E-state index is 10.6. The molecule has 1 rings (SSSR count). The zero-order valence-corrected chi connectivity index (χ0v) is 10.9. The fraction of sp³-hybridized carbons (Fsp3) is 0.357. The van der Waals surface area contributed by atoms with Crippen LogP contribution in [0.3, 0.4) is 0 Å². The van der Waals surface area contributed by atoms with Crippen LogP contribution in [0.4, 0.5) is 0 Å². The third-order valence-corrected chi connectivity index (χ3v) is 2.46. The van der Waals surface area contributed by atoms with Crippen LogP contribution < -0.4 is 9.47 Å². The Morgan fingerprint density at radius 2 is 2.06 bits per heavy atom. The van der Waals surface area contributed by atoms with Crippen molar-refractivity contribution in [2.75, 3.05) is 7.11 Å². The maximum absolute atomic E-state index is 10.6. The summed E-state index contributed by atoms with van der Waals surface area (Å²) in [5.74, 6) is 1.04. The Kier molecular flexibility index (Phi) is 5.77. The molecule has 0 radical (unpaired) electrons. The normalized spacial score (nSPS) is 12.2. The van der Waals surface area contributed by atoms with Crippen molar-refractivity contribution in [2.45, 2.75) is 26.4 Å². The summed E-state index contributed by atoms with van der Waals surface area (Å²) in [5.41, 5.74) is 0.541. The molecule has 0 aliphatic rings. The number of methoxy groups -OCH3 is 1. The van der Waals surface area contributed by atoms with Gasteiger partial charge in [0.15, 0.2) is 11.5 Å². The molecule has 98 valence electrons. The van der Waals surface area contributed by atoms with Gasteiger partial charge in [0.05, 0.1) is 13.2 Å². The third-order valence-electron chi connectivity index (χ3n) is 2.46. The third kappa shape index (κ3) is 4.13. The van der Waals surface area contributed by atoms with Crippen molar-refractivity contribution in [3.05, 3.63) is 36.3 Å². The summed E-state index contributed by atoms with van der Waals surface area (Å²) in [6.45, 7) is 4.02. The van der Waals surface area contributed by atoms with E-state index in [1.165, 1.54) is 19.6 Å². The second-order valence-electron chi connectivity index (χ2n) is 3.77. The average Bonchev–Trinajstić information content (AvgIpc) is 2.43. The van der Waals surface area contributed by atoms with Gasteiger partial charge >= 0.3 is 0 Å². The van der Waals surface area contributed by atoms with Crippen molar-refractivity contribution in [2.24, 2.45) is 0 Å². The van der Waals surface area contributed by atoms with Crippen molar-refractivity contribution in [1.82, 2.24) is 0 Å². The Labute approximate surface area is 107 Å². The number of hydrogen-bond acceptors (Lipinski definition) is 4. The summed E-state index contributed by atoms with van der Waals surface area (Å²) in [6.07, 6.45) is 4.80. The highest BCUT2D eigenvalue weighted by Crippen LogP contribution is 2.27. The van der Waals surface area contributed by atoms with Crippen LogP contribution in [0.15, 0.2) is 30.7 Å². The van der Waals surface area contributed by atoms with Crippen LogP contribution in [-0.4, -0.2) is 19.5 Å². The molecule has 0 aromatic heterocycles. The highest BCUT2D eigenvalue weighted by molar-refractivity contribution is 5.76. The van der Waals surface area contributed by atoms with Crippen molar-refractivity contribution >= 4 is 6.29 Å². The standard InChI is InChI=1S/C14H18O4/c1-4-11(2)17-7-8-18-13-6-5-12(10-15)9-14(13)16-3/h5-11H,4H2,1-3H3/b8-7-. The van der Waals surface area contributed by atoms with Crippen LogP contribution in [0.2, 0.25) is 0 Å². The number of carbonyl (C=O) groups is 1. The van der Waals surface area contributed by atoms with E-state index in [-0.39, 0.29) is 6.10 Å². The molecule has 0 heterocycles. The summed E-state index contributed by atoms with van der Waals surface area (Å²) in [5, 5.41) is 0. The number of hydrogen-bond donors (Lipinski definition) is 0. The van der Waals surface area contributed by atoms with Crippen molar-refractivity contribution < 1.29 is 19.0 Å². The van der Waals surface area contributed by atoms with Crippen LogP contribution in [-0.2, 0) is 4.74 Å². The van der Waals surface area contributed by atoms with Crippen LogP contribution in [0.25, 0.3) is 0 Å². The lowest BCUT2D eigenvalue weighted by Crippen LogP contribution is -2.00. The SMILES string of the molecule is CCC(C)O/C=C\Oc1ccc(C=O)cc1OC. The first kappa shape index (κ1) is 14.1. The minimum Gasteiger partial charge on any atom is -0.495 e. The minimum atomic E-state index is 0.157. The molecular weight excluding hydrogens is 232 g/mol. The van der Waals surface area contributed by atoms with Crippen molar-refractivity contribution in [3.63, 3.8) is 0 Å². The highest BCUT2D eigenvalue weighted by Gasteiger charge is 2.04. The van der Waals surface area contributed by atoms with Crippen molar-refractivity contribution in [3.8, 4) is 11.5 Å². The number of carbonyl (C=O) groups excluding carboxylic acids is 1. The highest BCUT2D eigenvalue weighted by atomic mass is 16.5. The lowest BCUT2D eigenvalue weighted by atomic mass is 10.2. The number of rotatable bonds is 7. The molecule has 18 heavy (non-hydrogen) atoms. The van der Waals surface area contributed by atoms with Gasteiger partial charge in [-0.3, -0.25) is 4.79 Å². The second kappa shape index (κ2) is 7.37. The van der Waals surface area contributed by atoms with E-state index in [9.17, 15) is 4.79 Å². The maximum Gasteiger partial charge on any atom is 0.168 e. The van der Waals surface area contributed by atoms with Gasteiger partial charge in [-0.1, -0.05) is 6.92 Å². The molecule has 1 aromatic carbocycles. The smallest absolute Gasteiger partial charge is 0.168 e. The molecule has 0 fully saturated rings. The lowest BCUT2D eigenvalue weighted by molar-refractivity contribution is 0.112. The molecule has 0 N–H and O–H groups in total. The molecule has 0 aliphatic heterocycles. The van der Waals surface area contributed by atoms with Gasteiger partial charge in [-0.25, -0.2) is 0 Å². The first-order valence-electron chi connectivity index (χ1n) is 5.81. The Morgan fingerprint density at radius 1 is 1.28 bits per heavy atom. The molecule has 1 unspecified atom stereocenters. The minimum absolute atomic E-state index is 0.157. The average molecular weight is 250 g/mol. The Bertz CT molecular complexity index is 412. The first-order valence-corrected chi connectivity index (χ1v) is 5.81. The molecular formula is C14H18O4. The monoisotopic (exact) mass is 250 g/mol. The molecule has 0 saturated carbocycles. The van der Waals surface area contributed by atoms with Gasteiger partial charge < -0.3 is 14.2 Å². The van der Waals surface area contributed by atoms with Crippen LogP contribution in [0, 0.1) is 0 Å². The van der Waals surface area contributed by atoms with Gasteiger partial charge in [-0.15, -0.1) is 0 Å². The summed E-state index contributed by atoms with van der Waals surface area (Å²) in [6, 6.07) is 4.95. The Balaban J connectivity index is 2.64. The van der Waals surface area contributed by atoms with E-state index in [4.69, 9.17) is 14.2 Å². The topological polar surface area (TPSA) is 44.8 Å². The molecule has 4 heteroatoms. The Morgan fingerprint density at radius 3 is 2.67 bits per heavy atom. The lowest BCUT2D eigenvalue weighted by Gasteiger charge is -2.09. The largest absolute Gasteiger partial charge is 0.495 e. The van der Waals surface area contributed by atoms with E-state index in [1.54, 1.807) is 18.2 Å². The molecule has 0 aliphatic carbocycles. The predicted octanol–water partition coefficient (Wildman–Crippen LogP) is 3.17. The summed E-state index contributed by atoms with van der Waals surface area (Å²) < 4.78 is 15.8. The second-order valence-corrected chi connectivity index (χ2v) is 3.77. The van der Waals surface area contributed by atoms with Gasteiger partial charge in [-0.2, -0.15) is 0 Å². The molecule has 0 amide bonds. The van der Waals surface area contributed by atoms with E-state index in [0.717, 1.165) is 12.7 Å². The molecule has 0 bridgehead atoms. The Hall–Kier alpha value is -1.97. The predicted molar refractivity (Wildman–Crippen MR) is 69.0 cm³/mol. The summed E-state index contributed by atoms with van der Waals surface area (Å²) in [7, 11) is 1.52. The molecule has 0 saturated heterocycles. The summed E-state index contributed by atoms with van der Waals surface area (Å²) in [4.78, 5) is 10.6. The van der Waals surface area contributed by atoms with Crippen LogP contribution >= 0.6 is 0 Å². The van der Waals surface area contributed by atoms with Gasteiger partial charge in [0.25, 0.3) is 0 Å². The number of ether oxygens (including phenoxy) is 3. The first-order chi connectivity index (χ1) is 8.71. The van der Waals surface area contributed by atoms with Gasteiger partial charge in [0.1, 0.15) is 18.8 Å². The number of benzene rings is 1. The fourth-order valence-electron chi connectivity index (χ4n) is 1.22. The molecule has 4 nitrogen and oxygen atoms in total. The van der Waals surface area contributed by atoms with Gasteiger partial charge in [-0.05, 0) is 31.5 Å². The molecule has 0 spiro atoms. The van der Waals surface area contributed by atoms with E-state index in [1.807, 2.05) is 13.8 Å². The summed E-state index contributed by atoms with van der Waals surface area (Å²) >= 11 is 0. The fourth-order valence-corrected chi connectivity index (χ4v) is 1.22. The van der Waals surface area contributed by atoms with Gasteiger partial charge in [0, 0.05) is 5.56 Å². The molecule has 1 aromatic rings. The zero-order valence-electron chi connectivity index (χ0n) is 10.9. The van der Waals surface area contributed by atoms with Crippen LogP contribution in [0.1, 0.15) is 30.6 Å². The molecule has 1 atom stereocenters. The number of aldehydes is 1. The van der Waals surface area contributed by atoms with E-state index in [0.29, 0.717) is 17.1 Å². The van der Waals surface area contributed by atoms with E-state index >= 15 is 0 Å². The zero-order chi connectivity index (χ0) is 13.4. The quantitative estimate of drug-likeness (QED) is 0.550. The van der Waals surface area contributed by atoms with E-state index in [2.05, 4.69) is 0 Å².